The Bertz CT molecular complexity index is 469. The highest BCUT2D eigenvalue weighted by atomic mass is 16.2. The van der Waals surface area contributed by atoms with Gasteiger partial charge in [-0.25, -0.2) is 0 Å². The Morgan fingerprint density at radius 2 is 1.82 bits per heavy atom. The molecule has 0 radical (unpaired) electrons. The van der Waals surface area contributed by atoms with Gasteiger partial charge in [0.2, 0.25) is 11.8 Å². The molecule has 5 heteroatoms. The average Bonchev–Trinajstić information content (AvgIpc) is 2.51. The SMILES string of the molecule is CCCCNC(=O)CNc1ccc(CCC(=O)N(C)C)cc1. The van der Waals surface area contributed by atoms with Crippen LogP contribution >= 0.6 is 0 Å². The Kier molecular flexibility index (Phi) is 8.04. The highest BCUT2D eigenvalue weighted by molar-refractivity contribution is 5.80. The topological polar surface area (TPSA) is 61.4 Å². The normalized spacial score (nSPS) is 10.1. The monoisotopic (exact) mass is 305 g/mol. The van der Waals surface area contributed by atoms with Crippen molar-refractivity contribution in [2.45, 2.75) is 32.6 Å². The maximum absolute atomic E-state index is 11.6. The Morgan fingerprint density at radius 3 is 2.41 bits per heavy atom. The van der Waals surface area contributed by atoms with E-state index in [0.29, 0.717) is 6.42 Å². The number of hydrogen-bond acceptors (Lipinski definition) is 3. The largest absolute Gasteiger partial charge is 0.376 e. The van der Waals surface area contributed by atoms with Crippen LogP contribution < -0.4 is 10.6 Å². The molecule has 0 bridgehead atoms. The first-order valence-electron chi connectivity index (χ1n) is 7.82. The van der Waals surface area contributed by atoms with E-state index in [4.69, 9.17) is 0 Å². The molecule has 0 unspecified atom stereocenters. The van der Waals surface area contributed by atoms with Crippen LogP contribution in [0.25, 0.3) is 0 Å². The van der Waals surface area contributed by atoms with Gasteiger partial charge in [0, 0.05) is 32.7 Å². The molecular formula is C17H27N3O2. The molecule has 0 atom stereocenters. The molecule has 0 aliphatic heterocycles. The van der Waals surface area contributed by atoms with E-state index in [1.165, 1.54) is 0 Å². The molecule has 5 nitrogen and oxygen atoms in total. The predicted octanol–water partition coefficient (Wildman–Crippen LogP) is 2.04. The molecule has 1 rings (SSSR count). The zero-order valence-electron chi connectivity index (χ0n) is 13.8. The summed E-state index contributed by atoms with van der Waals surface area (Å²) in [6.45, 7) is 3.11. The third kappa shape index (κ3) is 7.11. The maximum atomic E-state index is 11.6. The number of nitrogens with zero attached hydrogens (tertiary/aromatic N) is 1. The summed E-state index contributed by atoms with van der Waals surface area (Å²) < 4.78 is 0. The molecule has 0 spiro atoms. The van der Waals surface area contributed by atoms with Gasteiger partial charge in [0.1, 0.15) is 0 Å². The molecule has 0 aromatic heterocycles. The minimum Gasteiger partial charge on any atom is -0.376 e. The Balaban J connectivity index is 2.32. The van der Waals surface area contributed by atoms with Gasteiger partial charge in [-0.05, 0) is 30.5 Å². The Hall–Kier alpha value is -2.04. The van der Waals surface area contributed by atoms with Crippen LogP contribution in [0.2, 0.25) is 0 Å². The Labute approximate surface area is 133 Å². The summed E-state index contributed by atoms with van der Waals surface area (Å²) in [5, 5.41) is 5.96. The number of carbonyl (C=O) groups excluding carboxylic acids is 2. The van der Waals surface area contributed by atoms with Crippen LogP contribution in [0.4, 0.5) is 5.69 Å². The lowest BCUT2D eigenvalue weighted by atomic mass is 10.1. The van der Waals surface area contributed by atoms with Crippen molar-refractivity contribution in [3.63, 3.8) is 0 Å². The lowest BCUT2D eigenvalue weighted by Gasteiger charge is -2.10. The van der Waals surface area contributed by atoms with E-state index in [1.54, 1.807) is 19.0 Å². The van der Waals surface area contributed by atoms with Crippen molar-refractivity contribution < 1.29 is 9.59 Å². The number of amides is 2. The van der Waals surface area contributed by atoms with Gasteiger partial charge in [0.25, 0.3) is 0 Å². The van der Waals surface area contributed by atoms with Crippen LogP contribution in [0.5, 0.6) is 0 Å². The van der Waals surface area contributed by atoms with Crippen molar-refractivity contribution in [3.05, 3.63) is 29.8 Å². The first-order chi connectivity index (χ1) is 10.5. The van der Waals surface area contributed by atoms with Gasteiger partial charge in [-0.15, -0.1) is 0 Å². The number of carbonyl (C=O) groups is 2. The van der Waals surface area contributed by atoms with Crippen LogP contribution in [0.3, 0.4) is 0 Å². The second-order valence-corrected chi connectivity index (χ2v) is 5.54. The summed E-state index contributed by atoms with van der Waals surface area (Å²) in [7, 11) is 3.53. The summed E-state index contributed by atoms with van der Waals surface area (Å²) in [6, 6.07) is 7.85. The predicted molar refractivity (Wildman–Crippen MR) is 89.9 cm³/mol. The minimum absolute atomic E-state index is 0.00843. The molecule has 0 aliphatic carbocycles. The van der Waals surface area contributed by atoms with Crippen LogP contribution in [-0.4, -0.2) is 43.9 Å². The van der Waals surface area contributed by atoms with Crippen LogP contribution in [0.1, 0.15) is 31.7 Å². The molecule has 0 saturated heterocycles. The van der Waals surface area contributed by atoms with Crippen molar-refractivity contribution in [1.29, 1.82) is 0 Å². The lowest BCUT2D eigenvalue weighted by molar-refractivity contribution is -0.128. The van der Waals surface area contributed by atoms with Crippen LogP contribution in [0, 0.1) is 0 Å². The number of nitrogens with one attached hydrogen (secondary N) is 2. The average molecular weight is 305 g/mol. The second-order valence-electron chi connectivity index (χ2n) is 5.54. The quantitative estimate of drug-likeness (QED) is 0.686. The van der Waals surface area contributed by atoms with E-state index in [9.17, 15) is 9.59 Å². The molecule has 2 N–H and O–H groups in total. The van der Waals surface area contributed by atoms with Gasteiger partial charge in [-0.2, -0.15) is 0 Å². The van der Waals surface area contributed by atoms with E-state index in [1.807, 2.05) is 24.3 Å². The summed E-state index contributed by atoms with van der Waals surface area (Å²) in [6.07, 6.45) is 3.33. The molecular weight excluding hydrogens is 278 g/mol. The summed E-state index contributed by atoms with van der Waals surface area (Å²) >= 11 is 0. The molecule has 1 aromatic rings. The van der Waals surface area contributed by atoms with Gasteiger partial charge >= 0.3 is 0 Å². The fourth-order valence-corrected chi connectivity index (χ4v) is 1.91. The summed E-state index contributed by atoms with van der Waals surface area (Å²) in [5.74, 6) is 0.139. The number of hydrogen-bond donors (Lipinski definition) is 2. The number of anilines is 1. The fraction of sp³-hybridized carbons (Fsp3) is 0.529. The van der Waals surface area contributed by atoms with Gasteiger partial charge < -0.3 is 15.5 Å². The number of unbranched alkanes of at least 4 members (excludes halogenated alkanes) is 1. The maximum Gasteiger partial charge on any atom is 0.239 e. The van der Waals surface area contributed by atoms with Crippen molar-refractivity contribution in [2.24, 2.45) is 0 Å². The molecule has 1 aromatic carbocycles. The molecule has 0 heterocycles. The van der Waals surface area contributed by atoms with E-state index in [2.05, 4.69) is 17.6 Å². The molecule has 2 amide bonds. The van der Waals surface area contributed by atoms with Crippen molar-refractivity contribution >= 4 is 17.5 Å². The second kappa shape index (κ2) is 9.82. The number of rotatable bonds is 9. The molecule has 0 saturated carbocycles. The van der Waals surface area contributed by atoms with Gasteiger partial charge in [-0.3, -0.25) is 9.59 Å². The highest BCUT2D eigenvalue weighted by Gasteiger charge is 2.04. The lowest BCUT2D eigenvalue weighted by Crippen LogP contribution is -2.30. The molecule has 0 aliphatic rings. The summed E-state index contributed by atoms with van der Waals surface area (Å²) in [5.41, 5.74) is 2.03. The van der Waals surface area contributed by atoms with E-state index >= 15 is 0 Å². The molecule has 22 heavy (non-hydrogen) atoms. The standard InChI is InChI=1S/C17H27N3O2/c1-4-5-12-18-16(21)13-19-15-9-6-14(7-10-15)8-11-17(22)20(2)3/h6-7,9-10,19H,4-5,8,11-13H2,1-3H3,(H,18,21). The van der Waals surface area contributed by atoms with E-state index in [-0.39, 0.29) is 18.4 Å². The van der Waals surface area contributed by atoms with Crippen molar-refractivity contribution in [3.8, 4) is 0 Å². The van der Waals surface area contributed by atoms with Gasteiger partial charge in [-0.1, -0.05) is 25.5 Å². The Morgan fingerprint density at radius 1 is 1.14 bits per heavy atom. The van der Waals surface area contributed by atoms with Gasteiger partial charge in [0.15, 0.2) is 0 Å². The van der Waals surface area contributed by atoms with E-state index < -0.39 is 0 Å². The first-order valence-corrected chi connectivity index (χ1v) is 7.82. The molecule has 0 fully saturated rings. The smallest absolute Gasteiger partial charge is 0.239 e. The zero-order valence-corrected chi connectivity index (χ0v) is 13.8. The minimum atomic E-state index is 0.00843. The fourth-order valence-electron chi connectivity index (χ4n) is 1.91. The van der Waals surface area contributed by atoms with Crippen LogP contribution in [-0.2, 0) is 16.0 Å². The molecule has 122 valence electrons. The first kappa shape index (κ1) is 18.0. The van der Waals surface area contributed by atoms with Gasteiger partial charge in [0.05, 0.1) is 6.54 Å². The van der Waals surface area contributed by atoms with Crippen molar-refractivity contribution in [1.82, 2.24) is 10.2 Å². The third-order valence-corrected chi connectivity index (χ3v) is 3.39. The van der Waals surface area contributed by atoms with Crippen LogP contribution in [0.15, 0.2) is 24.3 Å². The van der Waals surface area contributed by atoms with Crippen molar-refractivity contribution in [2.75, 3.05) is 32.5 Å². The third-order valence-electron chi connectivity index (χ3n) is 3.39. The number of aryl methyl sites for hydroxylation is 1. The zero-order chi connectivity index (χ0) is 16.4. The summed E-state index contributed by atoms with van der Waals surface area (Å²) in [4.78, 5) is 24.7. The highest BCUT2D eigenvalue weighted by Crippen LogP contribution is 2.11. The van der Waals surface area contributed by atoms with E-state index in [0.717, 1.165) is 37.1 Å². The number of benzene rings is 1.